The topological polar surface area (TPSA) is 9.23 Å². The molecule has 0 saturated carbocycles. The number of halogens is 2. The van der Waals surface area contributed by atoms with Gasteiger partial charge in [-0.1, -0.05) is 53.0 Å². The molecule has 2 rings (SSSR count). The highest BCUT2D eigenvalue weighted by atomic mass is 35.5. The predicted molar refractivity (Wildman–Crippen MR) is 77.8 cm³/mol. The molecular formula is C15H14Cl2O. The van der Waals surface area contributed by atoms with E-state index < -0.39 is 0 Å². The molecule has 0 unspecified atom stereocenters. The van der Waals surface area contributed by atoms with Gasteiger partial charge in [0.1, 0.15) is 0 Å². The molecular weight excluding hydrogens is 267 g/mol. The van der Waals surface area contributed by atoms with Gasteiger partial charge in [-0.2, -0.15) is 0 Å². The van der Waals surface area contributed by atoms with Crippen molar-refractivity contribution in [1.82, 2.24) is 0 Å². The summed E-state index contributed by atoms with van der Waals surface area (Å²) < 4.78 is 5.41. The molecule has 0 spiro atoms. The summed E-state index contributed by atoms with van der Waals surface area (Å²) in [6.07, 6.45) is 0. The Labute approximate surface area is 117 Å². The zero-order chi connectivity index (χ0) is 13.1. The average Bonchev–Trinajstić information content (AvgIpc) is 2.34. The summed E-state index contributed by atoms with van der Waals surface area (Å²) in [6.45, 7) is 4.51. The van der Waals surface area contributed by atoms with Crippen molar-refractivity contribution >= 4 is 23.2 Å². The standard InChI is InChI=1S/C15H14Cl2O/c1-3-18-15-13(16)8-12(9-14(15)17)11-6-4-10(2)5-7-11/h4-9H,3H2,1-2H3. The molecule has 1 nitrogen and oxygen atoms in total. The fourth-order valence-electron chi connectivity index (χ4n) is 1.75. The van der Waals surface area contributed by atoms with Crippen molar-refractivity contribution in [1.29, 1.82) is 0 Å². The molecule has 0 radical (unpaired) electrons. The maximum Gasteiger partial charge on any atom is 0.156 e. The van der Waals surface area contributed by atoms with E-state index in [4.69, 9.17) is 27.9 Å². The van der Waals surface area contributed by atoms with Gasteiger partial charge >= 0.3 is 0 Å². The number of benzene rings is 2. The molecule has 0 aliphatic rings. The molecule has 0 amide bonds. The fourth-order valence-corrected chi connectivity index (χ4v) is 2.35. The predicted octanol–water partition coefficient (Wildman–Crippen LogP) is 5.37. The lowest BCUT2D eigenvalue weighted by atomic mass is 10.0. The molecule has 3 heteroatoms. The Morgan fingerprint density at radius 3 is 2.00 bits per heavy atom. The van der Waals surface area contributed by atoms with Gasteiger partial charge in [0.25, 0.3) is 0 Å². The van der Waals surface area contributed by atoms with Gasteiger partial charge in [-0.05, 0) is 37.1 Å². The summed E-state index contributed by atoms with van der Waals surface area (Å²) in [7, 11) is 0. The quantitative estimate of drug-likeness (QED) is 0.735. The third kappa shape index (κ3) is 2.80. The van der Waals surface area contributed by atoms with Crippen molar-refractivity contribution < 1.29 is 4.74 Å². The van der Waals surface area contributed by atoms with Crippen molar-refractivity contribution in [3.8, 4) is 16.9 Å². The van der Waals surface area contributed by atoms with E-state index in [1.165, 1.54) is 5.56 Å². The smallest absolute Gasteiger partial charge is 0.156 e. The van der Waals surface area contributed by atoms with Crippen LogP contribution in [0.5, 0.6) is 5.75 Å². The largest absolute Gasteiger partial charge is 0.491 e. The van der Waals surface area contributed by atoms with Gasteiger partial charge in [-0.3, -0.25) is 0 Å². The van der Waals surface area contributed by atoms with Crippen LogP contribution in [0.15, 0.2) is 36.4 Å². The second-order valence-corrected chi connectivity index (χ2v) is 4.88. The Balaban J connectivity index is 2.44. The Hall–Kier alpha value is -1.18. The third-order valence-electron chi connectivity index (χ3n) is 2.67. The van der Waals surface area contributed by atoms with E-state index >= 15 is 0 Å². The third-order valence-corrected chi connectivity index (χ3v) is 3.23. The van der Waals surface area contributed by atoms with Crippen LogP contribution < -0.4 is 4.74 Å². The molecule has 0 aliphatic heterocycles. The van der Waals surface area contributed by atoms with Crippen molar-refractivity contribution in [3.63, 3.8) is 0 Å². The van der Waals surface area contributed by atoms with E-state index in [9.17, 15) is 0 Å². The summed E-state index contributed by atoms with van der Waals surface area (Å²) in [4.78, 5) is 0. The Bertz CT molecular complexity index is 524. The Morgan fingerprint density at radius 2 is 1.50 bits per heavy atom. The van der Waals surface area contributed by atoms with Crippen LogP contribution >= 0.6 is 23.2 Å². The maximum atomic E-state index is 6.19. The van der Waals surface area contributed by atoms with Crippen LogP contribution in [-0.2, 0) is 0 Å². The first kappa shape index (κ1) is 13.3. The van der Waals surface area contributed by atoms with Crippen molar-refractivity contribution in [2.45, 2.75) is 13.8 Å². The van der Waals surface area contributed by atoms with E-state index in [0.717, 1.165) is 11.1 Å². The summed E-state index contributed by atoms with van der Waals surface area (Å²) in [5.74, 6) is 0.552. The highest BCUT2D eigenvalue weighted by Gasteiger charge is 2.10. The normalized spacial score (nSPS) is 10.4. The molecule has 0 fully saturated rings. The minimum atomic E-state index is 0.542. The van der Waals surface area contributed by atoms with Crippen LogP contribution in [0.3, 0.4) is 0 Å². The van der Waals surface area contributed by atoms with Gasteiger partial charge in [-0.15, -0.1) is 0 Å². The van der Waals surface area contributed by atoms with Crippen LogP contribution in [0.2, 0.25) is 10.0 Å². The second kappa shape index (κ2) is 5.64. The Morgan fingerprint density at radius 1 is 0.944 bits per heavy atom. The van der Waals surface area contributed by atoms with E-state index in [-0.39, 0.29) is 0 Å². The fraction of sp³-hybridized carbons (Fsp3) is 0.200. The van der Waals surface area contributed by atoms with Gasteiger partial charge in [0.2, 0.25) is 0 Å². The number of hydrogen-bond donors (Lipinski definition) is 0. The van der Waals surface area contributed by atoms with Gasteiger partial charge < -0.3 is 4.74 Å². The first-order valence-electron chi connectivity index (χ1n) is 5.80. The second-order valence-electron chi connectivity index (χ2n) is 4.07. The number of hydrogen-bond acceptors (Lipinski definition) is 1. The van der Waals surface area contributed by atoms with Gasteiger partial charge in [0, 0.05) is 0 Å². The average molecular weight is 281 g/mol. The zero-order valence-electron chi connectivity index (χ0n) is 10.3. The van der Waals surface area contributed by atoms with E-state index in [1.807, 2.05) is 19.1 Å². The van der Waals surface area contributed by atoms with Crippen LogP contribution in [0.25, 0.3) is 11.1 Å². The Kier molecular flexibility index (Phi) is 4.15. The molecule has 0 aliphatic carbocycles. The molecule has 0 saturated heterocycles. The van der Waals surface area contributed by atoms with Crippen molar-refractivity contribution in [2.75, 3.05) is 6.61 Å². The van der Waals surface area contributed by atoms with Gasteiger partial charge in [-0.25, -0.2) is 0 Å². The van der Waals surface area contributed by atoms with Crippen LogP contribution in [-0.4, -0.2) is 6.61 Å². The minimum Gasteiger partial charge on any atom is -0.491 e. The molecule has 2 aromatic rings. The van der Waals surface area contributed by atoms with Crippen LogP contribution in [0, 0.1) is 6.92 Å². The van der Waals surface area contributed by atoms with Gasteiger partial charge in [0.05, 0.1) is 16.7 Å². The SMILES string of the molecule is CCOc1c(Cl)cc(-c2ccc(C)cc2)cc1Cl. The number of ether oxygens (including phenoxy) is 1. The first-order chi connectivity index (χ1) is 8.61. The lowest BCUT2D eigenvalue weighted by Gasteiger charge is -2.10. The summed E-state index contributed by atoms with van der Waals surface area (Å²) in [5, 5.41) is 1.08. The lowest BCUT2D eigenvalue weighted by Crippen LogP contribution is -1.93. The first-order valence-corrected chi connectivity index (χ1v) is 6.56. The van der Waals surface area contributed by atoms with E-state index in [2.05, 4.69) is 31.2 Å². The molecule has 0 bridgehead atoms. The molecule has 0 atom stereocenters. The lowest BCUT2D eigenvalue weighted by molar-refractivity contribution is 0.340. The monoisotopic (exact) mass is 280 g/mol. The van der Waals surface area contributed by atoms with E-state index in [0.29, 0.717) is 22.4 Å². The molecule has 94 valence electrons. The van der Waals surface area contributed by atoms with Gasteiger partial charge in [0.15, 0.2) is 5.75 Å². The molecule has 0 heterocycles. The molecule has 18 heavy (non-hydrogen) atoms. The summed E-state index contributed by atoms with van der Waals surface area (Å²) in [5.41, 5.74) is 3.31. The number of aryl methyl sites for hydroxylation is 1. The van der Waals surface area contributed by atoms with E-state index in [1.54, 1.807) is 0 Å². The molecule has 0 aromatic heterocycles. The highest BCUT2D eigenvalue weighted by Crippen LogP contribution is 2.37. The van der Waals surface area contributed by atoms with Crippen molar-refractivity contribution in [3.05, 3.63) is 52.0 Å². The number of rotatable bonds is 3. The van der Waals surface area contributed by atoms with Crippen LogP contribution in [0.1, 0.15) is 12.5 Å². The molecule has 2 aromatic carbocycles. The maximum absolute atomic E-state index is 6.19. The summed E-state index contributed by atoms with van der Waals surface area (Å²) >= 11 is 12.4. The highest BCUT2D eigenvalue weighted by molar-refractivity contribution is 6.37. The molecule has 0 N–H and O–H groups in total. The summed E-state index contributed by atoms with van der Waals surface area (Å²) in [6, 6.07) is 12.0. The van der Waals surface area contributed by atoms with Crippen LogP contribution in [0.4, 0.5) is 0 Å². The van der Waals surface area contributed by atoms with Crippen molar-refractivity contribution in [2.24, 2.45) is 0 Å². The zero-order valence-corrected chi connectivity index (χ0v) is 11.8. The minimum absolute atomic E-state index is 0.542.